The Kier molecular flexibility index (Phi) is 8.18. The number of aliphatic hydroxyl groups excluding tert-OH is 2. The molecule has 5 N–H and O–H groups in total. The van der Waals surface area contributed by atoms with Gasteiger partial charge in [-0.3, -0.25) is 4.79 Å². The molecule has 1 atom stereocenters. The molecule has 2 aromatic heterocycles. The lowest BCUT2D eigenvalue weighted by atomic mass is 10.2. The fourth-order valence-electron chi connectivity index (χ4n) is 1.88. The van der Waals surface area contributed by atoms with Gasteiger partial charge in [-0.2, -0.15) is 11.8 Å². The summed E-state index contributed by atoms with van der Waals surface area (Å²) in [4.78, 5) is 21.2. The van der Waals surface area contributed by atoms with E-state index in [1.807, 2.05) is 0 Å². The van der Waals surface area contributed by atoms with Crippen LogP contribution in [-0.4, -0.2) is 55.9 Å². The molecule has 0 saturated carbocycles. The van der Waals surface area contributed by atoms with Crippen LogP contribution in [0.1, 0.15) is 19.4 Å². The second-order valence-corrected chi connectivity index (χ2v) is 6.52. The average molecular weight is 328 g/mol. The number of nitrogens with zero attached hydrogens (tertiary/aromatic N) is 1. The number of hydrogen-bond acceptors (Lipinski definition) is 6. The Morgan fingerprint density at radius 2 is 2.09 bits per heavy atom. The van der Waals surface area contributed by atoms with E-state index in [2.05, 4.69) is 34.1 Å². The molecule has 1 unspecified atom stereocenters. The Morgan fingerprint density at radius 3 is 2.73 bits per heavy atom. The van der Waals surface area contributed by atoms with Crippen molar-refractivity contribution in [2.45, 2.75) is 31.7 Å². The van der Waals surface area contributed by atoms with Crippen molar-refractivity contribution in [3.8, 4) is 0 Å². The van der Waals surface area contributed by atoms with Gasteiger partial charge in [0.1, 0.15) is 5.52 Å². The van der Waals surface area contributed by atoms with E-state index in [4.69, 9.17) is 5.11 Å². The highest BCUT2D eigenvalue weighted by Crippen LogP contribution is 2.13. The van der Waals surface area contributed by atoms with Gasteiger partial charge in [-0.1, -0.05) is 13.8 Å². The van der Waals surface area contributed by atoms with E-state index in [0.29, 0.717) is 22.8 Å². The van der Waals surface area contributed by atoms with Crippen LogP contribution in [0.25, 0.3) is 11.0 Å². The molecule has 124 valence electrons. The third-order valence-electron chi connectivity index (χ3n) is 2.98. The van der Waals surface area contributed by atoms with Crippen molar-refractivity contribution in [2.24, 2.45) is 0 Å². The molecule has 2 aromatic rings. The van der Waals surface area contributed by atoms with Gasteiger partial charge in [0.2, 0.25) is 0 Å². The third kappa shape index (κ3) is 5.13. The van der Waals surface area contributed by atoms with Crippen LogP contribution in [0.5, 0.6) is 0 Å². The highest BCUT2D eigenvalue weighted by molar-refractivity contribution is 7.99. The lowest BCUT2D eigenvalue weighted by molar-refractivity contribution is 0.253. The number of hydrogen-bond donors (Lipinski definition) is 5. The lowest BCUT2D eigenvalue weighted by Crippen LogP contribution is -2.34. The highest BCUT2D eigenvalue weighted by atomic mass is 32.2. The molecule has 0 aliphatic carbocycles. The smallest absolute Gasteiger partial charge is 0.275 e. The van der Waals surface area contributed by atoms with Crippen LogP contribution in [0.3, 0.4) is 0 Å². The Hall–Kier alpha value is -1.35. The molecule has 0 aliphatic rings. The molecule has 2 heterocycles. The summed E-state index contributed by atoms with van der Waals surface area (Å²) < 4.78 is 0. The van der Waals surface area contributed by atoms with Gasteiger partial charge in [0, 0.05) is 37.2 Å². The van der Waals surface area contributed by atoms with E-state index in [-0.39, 0.29) is 18.2 Å². The molecule has 0 fully saturated rings. The molecular weight excluding hydrogens is 304 g/mol. The molecule has 8 heteroatoms. The summed E-state index contributed by atoms with van der Waals surface area (Å²) in [5.41, 5.74) is 1.92. The number of aliphatic hydroxyl groups is 2. The summed E-state index contributed by atoms with van der Waals surface area (Å²) >= 11 is 1.81. The number of nitrogens with one attached hydrogen (secondary N) is 3. The predicted octanol–water partition coefficient (Wildman–Crippen LogP) is 0.452. The van der Waals surface area contributed by atoms with E-state index >= 15 is 0 Å². The quantitative estimate of drug-likeness (QED) is 0.504. The monoisotopic (exact) mass is 328 g/mol. The van der Waals surface area contributed by atoms with Crippen LogP contribution >= 0.6 is 11.8 Å². The van der Waals surface area contributed by atoms with Crippen LogP contribution < -0.4 is 10.9 Å². The van der Waals surface area contributed by atoms with Crippen LogP contribution in [0.15, 0.2) is 17.3 Å². The van der Waals surface area contributed by atoms with E-state index in [9.17, 15) is 9.90 Å². The number of aromatic amines is 2. The zero-order valence-corrected chi connectivity index (χ0v) is 13.9. The Labute approximate surface area is 133 Å². The maximum atomic E-state index is 11.6. The summed E-state index contributed by atoms with van der Waals surface area (Å²) in [5, 5.41) is 20.2. The standard InChI is InChI=1S/C13H20N4O2S.CH4O/c1-8(2)20-6-10(5-18)14-3-9-4-15-12-11(9)16-7-17-13(12)19;1-2/h4,7-8,10,14-15,18H,3,5-6H2,1-2H3,(H,16,17,19);2H,1H3. The van der Waals surface area contributed by atoms with Crippen LogP contribution in [0.4, 0.5) is 0 Å². The average Bonchev–Trinajstić information content (AvgIpc) is 2.94. The summed E-state index contributed by atoms with van der Waals surface area (Å²) in [7, 11) is 1.00. The minimum absolute atomic E-state index is 0.0364. The normalized spacial score (nSPS) is 12.3. The van der Waals surface area contributed by atoms with Gasteiger partial charge in [0.05, 0.1) is 18.5 Å². The first-order valence-corrected chi connectivity index (χ1v) is 8.11. The van der Waals surface area contributed by atoms with Crippen molar-refractivity contribution in [3.05, 3.63) is 28.4 Å². The second-order valence-electron chi connectivity index (χ2n) is 4.91. The second kappa shape index (κ2) is 9.62. The largest absolute Gasteiger partial charge is 0.400 e. The summed E-state index contributed by atoms with van der Waals surface area (Å²) in [6.07, 6.45) is 3.18. The van der Waals surface area contributed by atoms with E-state index < -0.39 is 0 Å². The maximum absolute atomic E-state index is 11.6. The first kappa shape index (κ1) is 18.7. The molecule has 0 amide bonds. The fourth-order valence-corrected chi connectivity index (χ4v) is 2.72. The molecule has 0 aromatic carbocycles. The molecule has 0 spiro atoms. The van der Waals surface area contributed by atoms with Crippen LogP contribution in [0, 0.1) is 0 Å². The van der Waals surface area contributed by atoms with Gasteiger partial charge in [-0.15, -0.1) is 0 Å². The number of H-pyrrole nitrogens is 2. The molecule has 22 heavy (non-hydrogen) atoms. The van der Waals surface area contributed by atoms with E-state index in [1.165, 1.54) is 6.33 Å². The molecule has 7 nitrogen and oxygen atoms in total. The van der Waals surface area contributed by atoms with Crippen molar-refractivity contribution in [3.63, 3.8) is 0 Å². The highest BCUT2D eigenvalue weighted by Gasteiger charge is 2.11. The number of aromatic nitrogens is 3. The molecule has 0 radical (unpaired) electrons. The Balaban J connectivity index is 0.00000116. The number of thioether (sulfide) groups is 1. The SMILES string of the molecule is CC(C)SCC(CO)NCc1c[nH]c2c(=O)[nH]cnc12.CO. The fraction of sp³-hybridized carbons (Fsp3) is 0.571. The van der Waals surface area contributed by atoms with Crippen molar-refractivity contribution in [1.29, 1.82) is 0 Å². The Morgan fingerprint density at radius 1 is 1.36 bits per heavy atom. The van der Waals surface area contributed by atoms with Gasteiger partial charge in [-0.05, 0) is 5.25 Å². The molecular formula is C14H24N4O3S. The first-order valence-electron chi connectivity index (χ1n) is 7.06. The first-order chi connectivity index (χ1) is 10.6. The van der Waals surface area contributed by atoms with Crippen molar-refractivity contribution in [2.75, 3.05) is 19.5 Å². The summed E-state index contributed by atoms with van der Waals surface area (Å²) in [5.74, 6) is 0.852. The summed E-state index contributed by atoms with van der Waals surface area (Å²) in [6, 6.07) is 0.0364. The van der Waals surface area contributed by atoms with Crippen LogP contribution in [-0.2, 0) is 6.54 Å². The number of fused-ring (bicyclic) bond motifs is 1. The molecule has 0 saturated heterocycles. The van der Waals surface area contributed by atoms with Gasteiger partial charge < -0.3 is 25.5 Å². The third-order valence-corrected chi connectivity index (χ3v) is 4.24. The van der Waals surface area contributed by atoms with Crippen molar-refractivity contribution >= 4 is 22.8 Å². The van der Waals surface area contributed by atoms with Crippen molar-refractivity contribution < 1.29 is 10.2 Å². The minimum Gasteiger partial charge on any atom is -0.400 e. The van der Waals surface area contributed by atoms with Crippen LogP contribution in [0.2, 0.25) is 0 Å². The zero-order chi connectivity index (χ0) is 16.5. The maximum Gasteiger partial charge on any atom is 0.275 e. The Bertz CT molecular complexity index is 611. The van der Waals surface area contributed by atoms with Gasteiger partial charge in [0.15, 0.2) is 0 Å². The molecule has 0 aliphatic heterocycles. The predicted molar refractivity (Wildman–Crippen MR) is 90.2 cm³/mol. The molecule has 0 bridgehead atoms. The van der Waals surface area contributed by atoms with E-state index in [1.54, 1.807) is 18.0 Å². The number of rotatable bonds is 7. The lowest BCUT2D eigenvalue weighted by Gasteiger charge is -2.16. The molecule has 2 rings (SSSR count). The topological polar surface area (TPSA) is 114 Å². The van der Waals surface area contributed by atoms with E-state index in [0.717, 1.165) is 18.4 Å². The zero-order valence-electron chi connectivity index (χ0n) is 13.1. The van der Waals surface area contributed by atoms with Crippen molar-refractivity contribution in [1.82, 2.24) is 20.3 Å². The van der Waals surface area contributed by atoms with Gasteiger partial charge >= 0.3 is 0 Å². The minimum atomic E-state index is -0.171. The van der Waals surface area contributed by atoms with Gasteiger partial charge in [-0.25, -0.2) is 4.98 Å². The van der Waals surface area contributed by atoms with Gasteiger partial charge in [0.25, 0.3) is 5.56 Å². The summed E-state index contributed by atoms with van der Waals surface area (Å²) in [6.45, 7) is 4.93.